The maximum atomic E-state index is 12.1. The van der Waals surface area contributed by atoms with Crippen LogP contribution in [0.5, 0.6) is 0 Å². The molecular formula is C18H20N4OS. The van der Waals surface area contributed by atoms with Crippen LogP contribution in [0.1, 0.15) is 41.3 Å². The summed E-state index contributed by atoms with van der Waals surface area (Å²) < 4.78 is 0. The highest BCUT2D eigenvalue weighted by Gasteiger charge is 2.26. The molecule has 0 saturated heterocycles. The lowest BCUT2D eigenvalue weighted by molar-refractivity contribution is -0.132. The third-order valence-electron chi connectivity index (χ3n) is 4.16. The minimum atomic E-state index is 0.208. The molecule has 0 aromatic carbocycles. The van der Waals surface area contributed by atoms with E-state index < -0.39 is 0 Å². The molecule has 0 radical (unpaired) electrons. The zero-order chi connectivity index (χ0) is 16.9. The minimum absolute atomic E-state index is 0.208. The Kier molecular flexibility index (Phi) is 5.11. The van der Waals surface area contributed by atoms with Gasteiger partial charge in [0.15, 0.2) is 0 Å². The van der Waals surface area contributed by atoms with E-state index in [1.54, 1.807) is 17.5 Å². The lowest BCUT2D eigenvalue weighted by Gasteiger charge is -2.26. The number of rotatable bonds is 5. The fourth-order valence-corrected chi connectivity index (χ4v) is 4.13. The number of hydrogen-bond acceptors (Lipinski definition) is 5. The largest absolute Gasteiger partial charge is 0.372 e. The van der Waals surface area contributed by atoms with Crippen molar-refractivity contribution in [1.82, 2.24) is 9.88 Å². The van der Waals surface area contributed by atoms with E-state index in [9.17, 15) is 10.1 Å². The highest BCUT2D eigenvalue weighted by atomic mass is 32.1. The maximum Gasteiger partial charge on any atom is 0.222 e. The van der Waals surface area contributed by atoms with E-state index in [4.69, 9.17) is 0 Å². The predicted molar refractivity (Wildman–Crippen MR) is 94.6 cm³/mol. The molecule has 2 aromatic rings. The van der Waals surface area contributed by atoms with Crippen molar-refractivity contribution in [2.45, 2.75) is 39.3 Å². The van der Waals surface area contributed by atoms with Crippen molar-refractivity contribution in [2.75, 3.05) is 11.9 Å². The second kappa shape index (κ2) is 7.45. The van der Waals surface area contributed by atoms with Gasteiger partial charge in [0, 0.05) is 36.8 Å². The number of hydrogen-bond donors (Lipinski definition) is 1. The normalized spacial score (nSPS) is 13.2. The number of pyridine rings is 1. The topological polar surface area (TPSA) is 69.0 Å². The van der Waals surface area contributed by atoms with Gasteiger partial charge < -0.3 is 10.2 Å². The lowest BCUT2D eigenvalue weighted by atomic mass is 10.0. The molecule has 1 amide bonds. The molecule has 0 fully saturated rings. The molecule has 0 bridgehead atoms. The smallest absolute Gasteiger partial charge is 0.222 e. The van der Waals surface area contributed by atoms with E-state index >= 15 is 0 Å². The SMILES string of the molecule is CCCC(=O)N1CCc2c(sc(NCc3cccnc3)c2C#N)C1. The number of nitrogens with zero attached hydrogens (tertiary/aromatic N) is 3. The number of nitrogens with one attached hydrogen (secondary N) is 1. The molecule has 3 rings (SSSR count). The third-order valence-corrected chi connectivity index (χ3v) is 5.34. The van der Waals surface area contributed by atoms with Crippen molar-refractivity contribution in [3.63, 3.8) is 0 Å². The van der Waals surface area contributed by atoms with E-state index in [-0.39, 0.29) is 5.91 Å². The highest BCUT2D eigenvalue weighted by Crippen LogP contribution is 2.37. The van der Waals surface area contributed by atoms with Crippen LogP contribution in [-0.2, 0) is 24.3 Å². The van der Waals surface area contributed by atoms with E-state index in [2.05, 4.69) is 16.4 Å². The fourth-order valence-electron chi connectivity index (χ4n) is 2.92. The van der Waals surface area contributed by atoms with Crippen LogP contribution in [-0.4, -0.2) is 22.3 Å². The Labute approximate surface area is 145 Å². The Bertz CT molecular complexity index is 763. The molecule has 0 aliphatic carbocycles. The first-order chi connectivity index (χ1) is 11.7. The number of anilines is 1. The molecule has 0 saturated carbocycles. The first-order valence-electron chi connectivity index (χ1n) is 8.18. The summed E-state index contributed by atoms with van der Waals surface area (Å²) in [5, 5.41) is 13.8. The molecule has 0 unspecified atom stereocenters. The Morgan fingerprint density at radius 2 is 2.42 bits per heavy atom. The summed E-state index contributed by atoms with van der Waals surface area (Å²) in [6.07, 6.45) is 5.79. The molecule has 124 valence electrons. The molecule has 2 aromatic heterocycles. The maximum absolute atomic E-state index is 12.1. The van der Waals surface area contributed by atoms with Crippen LogP contribution >= 0.6 is 11.3 Å². The molecule has 5 nitrogen and oxygen atoms in total. The molecule has 24 heavy (non-hydrogen) atoms. The van der Waals surface area contributed by atoms with Crippen LogP contribution in [0.4, 0.5) is 5.00 Å². The van der Waals surface area contributed by atoms with E-state index in [0.717, 1.165) is 39.4 Å². The van der Waals surface area contributed by atoms with Gasteiger partial charge in [-0.3, -0.25) is 9.78 Å². The zero-order valence-corrected chi connectivity index (χ0v) is 14.5. The molecule has 0 spiro atoms. The summed E-state index contributed by atoms with van der Waals surface area (Å²) in [6.45, 7) is 3.99. The third kappa shape index (κ3) is 3.41. The van der Waals surface area contributed by atoms with Crippen LogP contribution < -0.4 is 5.32 Å². The van der Waals surface area contributed by atoms with Crippen molar-refractivity contribution < 1.29 is 4.79 Å². The van der Waals surface area contributed by atoms with Gasteiger partial charge in [-0.2, -0.15) is 5.26 Å². The highest BCUT2D eigenvalue weighted by molar-refractivity contribution is 7.16. The van der Waals surface area contributed by atoms with Crippen LogP contribution in [0.25, 0.3) is 0 Å². The Hall–Kier alpha value is -2.39. The second-order valence-electron chi connectivity index (χ2n) is 5.85. The average Bonchev–Trinajstić information content (AvgIpc) is 2.97. The van der Waals surface area contributed by atoms with Crippen LogP contribution in [0, 0.1) is 11.3 Å². The van der Waals surface area contributed by atoms with Crippen LogP contribution in [0.15, 0.2) is 24.5 Å². The molecule has 1 N–H and O–H groups in total. The van der Waals surface area contributed by atoms with Crippen LogP contribution in [0.2, 0.25) is 0 Å². The Morgan fingerprint density at radius 3 is 3.12 bits per heavy atom. The molecule has 1 aliphatic heterocycles. The molecule has 0 atom stereocenters. The van der Waals surface area contributed by atoms with Gasteiger partial charge in [0.05, 0.1) is 12.1 Å². The standard InChI is InChI=1S/C18H20N4OS/c1-2-4-17(23)22-8-6-14-15(9-19)18(24-16(14)12-22)21-11-13-5-3-7-20-10-13/h3,5,7,10,21H,2,4,6,8,11-12H2,1H3. The van der Waals surface area contributed by atoms with Crippen molar-refractivity contribution in [2.24, 2.45) is 0 Å². The summed E-state index contributed by atoms with van der Waals surface area (Å²) in [5.74, 6) is 0.208. The van der Waals surface area contributed by atoms with Gasteiger partial charge in [-0.05, 0) is 30.0 Å². The van der Waals surface area contributed by atoms with E-state index in [0.29, 0.717) is 26.1 Å². The van der Waals surface area contributed by atoms with Crippen molar-refractivity contribution in [1.29, 1.82) is 5.26 Å². The number of thiophene rings is 1. The molecule has 3 heterocycles. The summed E-state index contributed by atoms with van der Waals surface area (Å²) >= 11 is 1.60. The zero-order valence-electron chi connectivity index (χ0n) is 13.7. The summed E-state index contributed by atoms with van der Waals surface area (Å²) in [5.41, 5.74) is 2.92. The number of amides is 1. The second-order valence-corrected chi connectivity index (χ2v) is 6.96. The molecule has 1 aliphatic rings. The van der Waals surface area contributed by atoms with Gasteiger partial charge in [-0.1, -0.05) is 13.0 Å². The number of aromatic nitrogens is 1. The predicted octanol–water partition coefficient (Wildman–Crippen LogP) is 3.31. The van der Waals surface area contributed by atoms with Crippen molar-refractivity contribution >= 4 is 22.2 Å². The summed E-state index contributed by atoms with van der Waals surface area (Å²) in [4.78, 5) is 19.3. The first kappa shape index (κ1) is 16.5. The number of fused-ring (bicyclic) bond motifs is 1. The summed E-state index contributed by atoms with van der Waals surface area (Å²) in [6, 6.07) is 6.24. The van der Waals surface area contributed by atoms with E-state index in [1.807, 2.05) is 30.2 Å². The van der Waals surface area contributed by atoms with Crippen molar-refractivity contribution in [3.05, 3.63) is 46.1 Å². The Morgan fingerprint density at radius 1 is 1.54 bits per heavy atom. The molecular weight excluding hydrogens is 320 g/mol. The van der Waals surface area contributed by atoms with Gasteiger partial charge >= 0.3 is 0 Å². The average molecular weight is 340 g/mol. The summed E-state index contributed by atoms with van der Waals surface area (Å²) in [7, 11) is 0. The van der Waals surface area contributed by atoms with Gasteiger partial charge in [0.25, 0.3) is 0 Å². The van der Waals surface area contributed by atoms with Crippen LogP contribution in [0.3, 0.4) is 0 Å². The fraction of sp³-hybridized carbons (Fsp3) is 0.389. The number of carbonyl (C=O) groups excluding carboxylic acids is 1. The van der Waals surface area contributed by atoms with Gasteiger partial charge in [-0.25, -0.2) is 0 Å². The number of carbonyl (C=O) groups is 1. The van der Waals surface area contributed by atoms with Crippen molar-refractivity contribution in [3.8, 4) is 6.07 Å². The minimum Gasteiger partial charge on any atom is -0.372 e. The quantitative estimate of drug-likeness (QED) is 0.906. The van der Waals surface area contributed by atoms with Gasteiger partial charge in [-0.15, -0.1) is 11.3 Å². The van der Waals surface area contributed by atoms with Gasteiger partial charge in [0.1, 0.15) is 11.1 Å². The monoisotopic (exact) mass is 340 g/mol. The Balaban J connectivity index is 1.76. The first-order valence-corrected chi connectivity index (χ1v) is 8.99. The van der Waals surface area contributed by atoms with Gasteiger partial charge in [0.2, 0.25) is 5.91 Å². The molecule has 6 heteroatoms. The lowest BCUT2D eigenvalue weighted by Crippen LogP contribution is -2.35. The number of nitriles is 1. The van der Waals surface area contributed by atoms with E-state index in [1.165, 1.54) is 0 Å².